The van der Waals surface area contributed by atoms with Crippen LogP contribution in [-0.4, -0.2) is 24.8 Å². The van der Waals surface area contributed by atoms with Gasteiger partial charge < -0.3 is 14.4 Å². The van der Waals surface area contributed by atoms with Gasteiger partial charge in [-0.25, -0.2) is 0 Å². The maximum absolute atomic E-state index is 11.8. The van der Waals surface area contributed by atoms with Crippen LogP contribution in [0.4, 0.5) is 11.4 Å². The molecule has 144 valence electrons. The van der Waals surface area contributed by atoms with Crippen molar-refractivity contribution in [2.75, 3.05) is 19.1 Å². The Morgan fingerprint density at radius 3 is 2.82 bits per heavy atom. The minimum atomic E-state index is -0.749. The SMILES string of the molecule is COc1cc2c(c([N+](=O)[O-])c1)O[C@]13C(=C2)CCC[C@]1(C)c1ccccc1N3C. The number of rotatable bonds is 2. The summed E-state index contributed by atoms with van der Waals surface area (Å²) in [5.74, 6) is 0.783. The lowest BCUT2D eigenvalue weighted by Crippen LogP contribution is -2.63. The first-order valence-electron chi connectivity index (χ1n) is 9.52. The number of methoxy groups -OCH3 is 1. The van der Waals surface area contributed by atoms with Crippen LogP contribution < -0.4 is 14.4 Å². The lowest BCUT2D eigenvalue weighted by Gasteiger charge is -2.53. The maximum atomic E-state index is 11.8. The smallest absolute Gasteiger partial charge is 0.315 e. The Bertz CT molecular complexity index is 1050. The molecule has 2 aliphatic heterocycles. The van der Waals surface area contributed by atoms with Crippen LogP contribution in [0.2, 0.25) is 0 Å². The summed E-state index contributed by atoms with van der Waals surface area (Å²) in [5.41, 5.74) is 3.14. The van der Waals surface area contributed by atoms with E-state index in [-0.39, 0.29) is 16.0 Å². The van der Waals surface area contributed by atoms with Crippen molar-refractivity contribution in [3.8, 4) is 11.5 Å². The highest BCUT2D eigenvalue weighted by Crippen LogP contribution is 2.62. The summed E-state index contributed by atoms with van der Waals surface area (Å²) in [4.78, 5) is 13.6. The van der Waals surface area contributed by atoms with E-state index in [4.69, 9.17) is 9.47 Å². The van der Waals surface area contributed by atoms with Crippen molar-refractivity contribution >= 4 is 17.5 Å². The number of para-hydroxylation sites is 1. The van der Waals surface area contributed by atoms with Crippen molar-refractivity contribution < 1.29 is 14.4 Å². The first kappa shape index (κ1) is 17.1. The van der Waals surface area contributed by atoms with E-state index in [1.807, 2.05) is 19.2 Å². The van der Waals surface area contributed by atoms with E-state index >= 15 is 0 Å². The lowest BCUT2D eigenvalue weighted by atomic mass is 9.64. The highest BCUT2D eigenvalue weighted by molar-refractivity contribution is 5.78. The Labute approximate surface area is 163 Å². The zero-order valence-electron chi connectivity index (χ0n) is 16.2. The van der Waals surface area contributed by atoms with Crippen LogP contribution in [0, 0.1) is 10.1 Å². The molecule has 1 aliphatic carbocycles. The maximum Gasteiger partial charge on any atom is 0.315 e. The molecule has 28 heavy (non-hydrogen) atoms. The van der Waals surface area contributed by atoms with Crippen LogP contribution in [0.25, 0.3) is 6.08 Å². The summed E-state index contributed by atoms with van der Waals surface area (Å²) in [7, 11) is 3.55. The van der Waals surface area contributed by atoms with E-state index in [9.17, 15) is 10.1 Å². The second-order valence-corrected chi connectivity index (χ2v) is 8.00. The molecule has 0 N–H and O–H groups in total. The van der Waals surface area contributed by atoms with E-state index in [1.165, 1.54) is 18.7 Å². The predicted molar refractivity (Wildman–Crippen MR) is 107 cm³/mol. The fraction of sp³-hybridized carbons (Fsp3) is 0.364. The minimum absolute atomic E-state index is 0.0590. The molecule has 6 heteroatoms. The molecule has 0 bridgehead atoms. The third kappa shape index (κ3) is 1.87. The van der Waals surface area contributed by atoms with Crippen molar-refractivity contribution in [3.63, 3.8) is 0 Å². The first-order valence-corrected chi connectivity index (χ1v) is 9.52. The second-order valence-electron chi connectivity index (χ2n) is 8.00. The van der Waals surface area contributed by atoms with Gasteiger partial charge in [-0.3, -0.25) is 10.1 Å². The van der Waals surface area contributed by atoms with Gasteiger partial charge >= 0.3 is 5.69 Å². The Kier molecular flexibility index (Phi) is 3.36. The number of ether oxygens (including phenoxy) is 2. The molecule has 1 saturated carbocycles. The first-order chi connectivity index (χ1) is 13.4. The molecule has 5 rings (SSSR count). The summed E-state index contributed by atoms with van der Waals surface area (Å²) >= 11 is 0. The highest BCUT2D eigenvalue weighted by Gasteiger charge is 2.65. The standard InChI is InChI=1S/C22H22N2O4/c1-21-10-6-7-15-11-14-12-16(27-3)13-19(24(25)26)20(14)28-22(15,21)23(2)18-9-5-4-8-17(18)21/h4-5,8-9,11-13H,6-7,10H2,1-3H3/t21-,22-/m1/s1. The average Bonchev–Trinajstić information content (AvgIpc) is 2.89. The zero-order chi connectivity index (χ0) is 19.7. The predicted octanol–water partition coefficient (Wildman–Crippen LogP) is 4.67. The molecule has 6 nitrogen and oxygen atoms in total. The van der Waals surface area contributed by atoms with Crippen LogP contribution in [-0.2, 0) is 5.41 Å². The van der Waals surface area contributed by atoms with Crippen molar-refractivity contribution in [2.45, 2.75) is 37.3 Å². The summed E-state index contributed by atoms with van der Waals surface area (Å²) in [6.45, 7) is 2.22. The van der Waals surface area contributed by atoms with E-state index in [0.717, 1.165) is 30.5 Å². The van der Waals surface area contributed by atoms with Crippen molar-refractivity contribution in [1.29, 1.82) is 0 Å². The molecule has 2 heterocycles. The number of nitro groups is 1. The van der Waals surface area contributed by atoms with Crippen LogP contribution in [0.1, 0.15) is 37.3 Å². The number of benzene rings is 2. The summed E-state index contributed by atoms with van der Waals surface area (Å²) in [5, 5.41) is 11.8. The molecule has 2 atom stereocenters. The molecular weight excluding hydrogens is 356 g/mol. The normalized spacial score (nSPS) is 27.0. The van der Waals surface area contributed by atoms with Gasteiger partial charge in [0.1, 0.15) is 5.75 Å². The second kappa shape index (κ2) is 5.50. The third-order valence-electron chi connectivity index (χ3n) is 6.72. The number of likely N-dealkylation sites (N-methyl/N-ethyl adjacent to an activating group) is 1. The molecule has 1 fully saturated rings. The Hall–Kier alpha value is -3.02. The van der Waals surface area contributed by atoms with Gasteiger partial charge in [0.05, 0.1) is 23.5 Å². The van der Waals surface area contributed by atoms with Crippen LogP contribution in [0.5, 0.6) is 11.5 Å². The van der Waals surface area contributed by atoms with Gasteiger partial charge in [-0.05, 0) is 55.5 Å². The number of fused-ring (bicyclic) bond motifs is 3. The molecule has 0 amide bonds. The summed E-state index contributed by atoms with van der Waals surface area (Å²) in [6, 6.07) is 11.6. The fourth-order valence-electron chi connectivity index (χ4n) is 5.46. The van der Waals surface area contributed by atoms with Crippen molar-refractivity contribution in [2.24, 2.45) is 0 Å². The lowest BCUT2D eigenvalue weighted by molar-refractivity contribution is -0.386. The monoisotopic (exact) mass is 378 g/mol. The van der Waals surface area contributed by atoms with Crippen molar-refractivity contribution in [3.05, 3.63) is 63.2 Å². The molecule has 0 aromatic heterocycles. The Morgan fingerprint density at radius 2 is 2.07 bits per heavy atom. The fourth-order valence-corrected chi connectivity index (χ4v) is 5.46. The molecule has 1 spiro atoms. The molecule has 0 saturated heterocycles. The molecule has 0 unspecified atom stereocenters. The van der Waals surface area contributed by atoms with Crippen molar-refractivity contribution in [1.82, 2.24) is 0 Å². The van der Waals surface area contributed by atoms with Gasteiger partial charge in [0.25, 0.3) is 0 Å². The number of hydrogen-bond acceptors (Lipinski definition) is 5. The quantitative estimate of drug-likeness (QED) is 0.561. The molecular formula is C22H22N2O4. The van der Waals surface area contributed by atoms with Gasteiger partial charge in [0, 0.05) is 18.3 Å². The van der Waals surface area contributed by atoms with Crippen LogP contribution >= 0.6 is 0 Å². The summed E-state index contributed by atoms with van der Waals surface area (Å²) in [6.07, 6.45) is 4.99. The molecule has 0 radical (unpaired) electrons. The minimum Gasteiger partial charge on any atom is -0.496 e. The molecule has 2 aromatic rings. The Balaban J connectivity index is 1.79. The summed E-state index contributed by atoms with van der Waals surface area (Å²) < 4.78 is 12.0. The van der Waals surface area contributed by atoms with E-state index in [2.05, 4.69) is 36.1 Å². The van der Waals surface area contributed by atoms with Gasteiger partial charge in [-0.2, -0.15) is 0 Å². The van der Waals surface area contributed by atoms with E-state index in [1.54, 1.807) is 0 Å². The topological polar surface area (TPSA) is 64.8 Å². The van der Waals surface area contributed by atoms with E-state index < -0.39 is 5.72 Å². The largest absolute Gasteiger partial charge is 0.496 e. The number of anilines is 1. The number of nitro benzene ring substituents is 1. The average molecular weight is 378 g/mol. The number of hydrogen-bond donors (Lipinski definition) is 0. The van der Waals surface area contributed by atoms with Gasteiger partial charge in [0.2, 0.25) is 11.5 Å². The zero-order valence-corrected chi connectivity index (χ0v) is 16.2. The highest BCUT2D eigenvalue weighted by atomic mass is 16.6. The Morgan fingerprint density at radius 1 is 1.29 bits per heavy atom. The molecule has 3 aliphatic rings. The van der Waals surface area contributed by atoms with Crippen LogP contribution in [0.3, 0.4) is 0 Å². The number of nitrogens with zero attached hydrogens (tertiary/aromatic N) is 2. The van der Waals surface area contributed by atoms with Crippen LogP contribution in [0.15, 0.2) is 42.0 Å². The van der Waals surface area contributed by atoms with Gasteiger partial charge in [-0.1, -0.05) is 18.2 Å². The van der Waals surface area contributed by atoms with E-state index in [0.29, 0.717) is 17.1 Å². The molecule has 2 aromatic carbocycles. The third-order valence-corrected chi connectivity index (χ3v) is 6.72. The van der Waals surface area contributed by atoms with Gasteiger partial charge in [0.15, 0.2) is 0 Å². The van der Waals surface area contributed by atoms with Gasteiger partial charge in [-0.15, -0.1) is 0 Å².